The Morgan fingerprint density at radius 2 is 2.14 bits per heavy atom. The molecule has 0 aliphatic carbocycles. The Labute approximate surface area is 131 Å². The summed E-state index contributed by atoms with van der Waals surface area (Å²) >= 11 is 1.52. The number of nitrogens with zero attached hydrogens (tertiary/aromatic N) is 2. The highest BCUT2D eigenvalue weighted by Crippen LogP contribution is 2.23. The summed E-state index contributed by atoms with van der Waals surface area (Å²) in [6.45, 7) is 4.11. The van der Waals surface area contributed by atoms with Crippen molar-refractivity contribution < 1.29 is 9.72 Å². The van der Waals surface area contributed by atoms with E-state index in [9.17, 15) is 14.9 Å². The highest BCUT2D eigenvalue weighted by atomic mass is 32.1. The minimum Gasteiger partial charge on any atom is -0.267 e. The lowest BCUT2D eigenvalue weighted by atomic mass is 10.1. The normalized spacial score (nSPS) is 11.0. The second-order valence-corrected chi connectivity index (χ2v) is 5.85. The van der Waals surface area contributed by atoms with Gasteiger partial charge in [0, 0.05) is 16.3 Å². The molecule has 114 valence electrons. The fraction of sp³-hybridized carbons (Fsp3) is 0.200. The summed E-state index contributed by atoms with van der Waals surface area (Å²) in [6, 6.07) is 8.02. The molecule has 2 aromatic rings. The number of hydrogen-bond acceptors (Lipinski definition) is 5. The molecule has 1 amide bonds. The van der Waals surface area contributed by atoms with Crippen molar-refractivity contribution in [2.45, 2.75) is 19.8 Å². The van der Waals surface area contributed by atoms with E-state index in [4.69, 9.17) is 0 Å². The zero-order valence-electron chi connectivity index (χ0n) is 12.1. The molecule has 0 aliphatic heterocycles. The van der Waals surface area contributed by atoms with E-state index in [1.807, 2.05) is 6.07 Å². The zero-order valence-corrected chi connectivity index (χ0v) is 13.0. The molecule has 0 fully saturated rings. The molecule has 1 N–H and O–H groups in total. The van der Waals surface area contributed by atoms with Crippen molar-refractivity contribution in [3.63, 3.8) is 0 Å². The van der Waals surface area contributed by atoms with Gasteiger partial charge in [0.2, 0.25) is 0 Å². The van der Waals surface area contributed by atoms with Crippen LogP contribution >= 0.6 is 11.3 Å². The Morgan fingerprint density at radius 3 is 2.77 bits per heavy atom. The van der Waals surface area contributed by atoms with Crippen molar-refractivity contribution in [3.8, 4) is 0 Å². The first-order valence-electron chi connectivity index (χ1n) is 6.64. The fourth-order valence-corrected chi connectivity index (χ4v) is 2.67. The predicted molar refractivity (Wildman–Crippen MR) is 86.6 cm³/mol. The van der Waals surface area contributed by atoms with Gasteiger partial charge in [-0.2, -0.15) is 5.10 Å². The Balaban J connectivity index is 2.06. The standard InChI is InChI=1S/C15H15N3O3S/c1-10(2)14-7-12(9-22-14)15(19)17-16-8-11-5-3-4-6-13(11)18(20)21/h3-10H,1-2H3,(H,17,19). The van der Waals surface area contributed by atoms with Gasteiger partial charge in [-0.1, -0.05) is 26.0 Å². The number of hydrogen-bond donors (Lipinski definition) is 1. The smallest absolute Gasteiger partial charge is 0.267 e. The third kappa shape index (κ3) is 3.76. The third-order valence-corrected chi connectivity index (χ3v) is 4.19. The maximum absolute atomic E-state index is 11.9. The second kappa shape index (κ2) is 6.95. The van der Waals surface area contributed by atoms with E-state index in [2.05, 4.69) is 24.4 Å². The van der Waals surface area contributed by atoms with E-state index in [0.29, 0.717) is 17.0 Å². The van der Waals surface area contributed by atoms with E-state index in [1.165, 1.54) is 23.6 Å². The largest absolute Gasteiger partial charge is 0.278 e. The molecule has 1 heterocycles. The van der Waals surface area contributed by atoms with Crippen molar-refractivity contribution >= 4 is 29.1 Å². The SMILES string of the molecule is CC(C)c1cc(C(=O)NN=Cc2ccccc2[N+](=O)[O-])cs1. The number of nitro groups is 1. The molecular formula is C15H15N3O3S. The minimum absolute atomic E-state index is 0.0573. The van der Waals surface area contributed by atoms with Crippen LogP contribution in [0.5, 0.6) is 0 Å². The summed E-state index contributed by atoms with van der Waals surface area (Å²) < 4.78 is 0. The van der Waals surface area contributed by atoms with Gasteiger partial charge in [-0.3, -0.25) is 14.9 Å². The third-order valence-electron chi connectivity index (χ3n) is 2.95. The number of nitrogens with one attached hydrogen (secondary N) is 1. The first kappa shape index (κ1) is 15.8. The monoisotopic (exact) mass is 317 g/mol. The molecule has 0 radical (unpaired) electrons. The number of amides is 1. The maximum atomic E-state index is 11.9. The van der Waals surface area contributed by atoms with Crippen molar-refractivity contribution in [2.24, 2.45) is 5.10 Å². The van der Waals surface area contributed by atoms with Gasteiger partial charge in [0.1, 0.15) is 0 Å². The van der Waals surface area contributed by atoms with Crippen LogP contribution in [0.15, 0.2) is 40.8 Å². The molecule has 0 aliphatic rings. The van der Waals surface area contributed by atoms with E-state index < -0.39 is 4.92 Å². The summed E-state index contributed by atoms with van der Waals surface area (Å²) in [6.07, 6.45) is 1.27. The number of hydrazone groups is 1. The van der Waals surface area contributed by atoms with Crippen LogP contribution in [0.2, 0.25) is 0 Å². The Hall–Kier alpha value is -2.54. The lowest BCUT2D eigenvalue weighted by Crippen LogP contribution is -2.16. The second-order valence-electron chi connectivity index (χ2n) is 4.91. The Kier molecular flexibility index (Phi) is 5.00. The van der Waals surface area contributed by atoms with Gasteiger partial charge >= 0.3 is 0 Å². The van der Waals surface area contributed by atoms with Crippen LogP contribution in [-0.2, 0) is 0 Å². The maximum Gasteiger partial charge on any atom is 0.278 e. The summed E-state index contributed by atoms with van der Waals surface area (Å²) in [5, 5.41) is 16.4. The molecule has 0 saturated heterocycles. The molecule has 0 unspecified atom stereocenters. The first-order chi connectivity index (χ1) is 10.5. The van der Waals surface area contributed by atoms with Crippen LogP contribution in [0.1, 0.15) is 40.6 Å². The van der Waals surface area contributed by atoms with Crippen LogP contribution in [0.25, 0.3) is 0 Å². The highest BCUT2D eigenvalue weighted by molar-refractivity contribution is 7.10. The zero-order chi connectivity index (χ0) is 16.1. The number of carbonyl (C=O) groups is 1. The van der Waals surface area contributed by atoms with Crippen LogP contribution in [0, 0.1) is 10.1 Å². The fourth-order valence-electron chi connectivity index (χ4n) is 1.76. The molecule has 7 heteroatoms. The predicted octanol–water partition coefficient (Wildman–Crippen LogP) is 3.54. The summed E-state index contributed by atoms with van der Waals surface area (Å²) in [5.41, 5.74) is 3.19. The number of rotatable bonds is 5. The van der Waals surface area contributed by atoms with Gasteiger partial charge in [-0.25, -0.2) is 5.43 Å². The number of nitro benzene ring substituents is 1. The van der Waals surface area contributed by atoms with Crippen molar-refractivity contribution in [3.05, 3.63) is 61.8 Å². The van der Waals surface area contributed by atoms with E-state index >= 15 is 0 Å². The Morgan fingerprint density at radius 1 is 1.41 bits per heavy atom. The number of benzene rings is 1. The van der Waals surface area contributed by atoms with Crippen molar-refractivity contribution in [2.75, 3.05) is 0 Å². The average molecular weight is 317 g/mol. The summed E-state index contributed by atoms with van der Waals surface area (Å²) in [7, 11) is 0. The molecule has 0 saturated carbocycles. The van der Waals surface area contributed by atoms with Gasteiger partial charge in [0.15, 0.2) is 0 Å². The molecule has 22 heavy (non-hydrogen) atoms. The lowest BCUT2D eigenvalue weighted by Gasteiger charge is -1.99. The Bertz CT molecular complexity index is 722. The highest BCUT2D eigenvalue weighted by Gasteiger charge is 2.11. The molecule has 6 nitrogen and oxygen atoms in total. The molecule has 1 aromatic carbocycles. The topological polar surface area (TPSA) is 84.6 Å². The van der Waals surface area contributed by atoms with Crippen LogP contribution in [0.4, 0.5) is 5.69 Å². The van der Waals surface area contributed by atoms with Gasteiger partial charge in [-0.15, -0.1) is 11.3 Å². The van der Waals surface area contributed by atoms with Gasteiger partial charge in [-0.05, 0) is 18.1 Å². The van der Waals surface area contributed by atoms with Crippen molar-refractivity contribution in [1.82, 2.24) is 5.43 Å². The summed E-state index contributed by atoms with van der Waals surface area (Å²) in [5.74, 6) is 0.0278. The average Bonchev–Trinajstić information content (AvgIpc) is 2.97. The summed E-state index contributed by atoms with van der Waals surface area (Å²) in [4.78, 5) is 23.4. The van der Waals surface area contributed by atoms with Gasteiger partial charge in [0.05, 0.1) is 22.3 Å². The molecule has 0 atom stereocenters. The molecule has 0 spiro atoms. The van der Waals surface area contributed by atoms with Crippen LogP contribution < -0.4 is 5.43 Å². The molecular weight excluding hydrogens is 302 g/mol. The number of thiophene rings is 1. The van der Waals surface area contributed by atoms with E-state index in [0.717, 1.165) is 4.88 Å². The van der Waals surface area contributed by atoms with Crippen molar-refractivity contribution in [1.29, 1.82) is 0 Å². The molecule has 1 aromatic heterocycles. The van der Waals surface area contributed by atoms with Crippen LogP contribution in [0.3, 0.4) is 0 Å². The first-order valence-corrected chi connectivity index (χ1v) is 7.52. The number of para-hydroxylation sites is 1. The quantitative estimate of drug-likeness (QED) is 0.520. The number of carbonyl (C=O) groups excluding carboxylic acids is 1. The van der Waals surface area contributed by atoms with Gasteiger partial charge < -0.3 is 0 Å². The van der Waals surface area contributed by atoms with Crippen LogP contribution in [-0.4, -0.2) is 17.0 Å². The molecule has 0 bridgehead atoms. The van der Waals surface area contributed by atoms with E-state index in [1.54, 1.807) is 23.6 Å². The van der Waals surface area contributed by atoms with E-state index in [-0.39, 0.29) is 11.6 Å². The molecule has 2 rings (SSSR count). The van der Waals surface area contributed by atoms with Gasteiger partial charge in [0.25, 0.3) is 11.6 Å². The minimum atomic E-state index is -0.489. The lowest BCUT2D eigenvalue weighted by molar-refractivity contribution is -0.385.